The smallest absolute Gasteiger partial charge is 0.271 e. The first kappa shape index (κ1) is 15.6. The number of rotatable bonds is 3. The maximum Gasteiger partial charge on any atom is 0.271 e. The summed E-state index contributed by atoms with van der Waals surface area (Å²) in [6.07, 6.45) is 3.36. The largest absolute Gasteiger partial charge is 0.339 e. The summed E-state index contributed by atoms with van der Waals surface area (Å²) in [6.45, 7) is 2.95. The third-order valence-corrected chi connectivity index (χ3v) is 6.00. The second-order valence-electron chi connectivity index (χ2n) is 5.61. The van der Waals surface area contributed by atoms with Crippen LogP contribution in [0.1, 0.15) is 26.2 Å². The van der Waals surface area contributed by atoms with Crippen LogP contribution in [-0.4, -0.2) is 38.7 Å². The van der Waals surface area contributed by atoms with Gasteiger partial charge in [-0.05, 0) is 37.6 Å². The van der Waals surface area contributed by atoms with Crippen LogP contribution in [0.15, 0.2) is 21.4 Å². The monoisotopic (exact) mass is 337 g/mol. The van der Waals surface area contributed by atoms with Gasteiger partial charge in [0.2, 0.25) is 5.91 Å². The fraction of sp³-hybridized carbons (Fsp3) is 0.533. The number of thioether (sulfide) groups is 1. The predicted octanol–water partition coefficient (Wildman–Crippen LogP) is 2.49. The average molecular weight is 337 g/mol. The fourth-order valence-electron chi connectivity index (χ4n) is 2.77. The molecule has 1 amide bonds. The number of carbonyl (C=O) groups is 1. The molecule has 22 heavy (non-hydrogen) atoms. The Morgan fingerprint density at radius 3 is 3.09 bits per heavy atom. The van der Waals surface area contributed by atoms with Crippen molar-refractivity contribution >= 4 is 39.2 Å². The van der Waals surface area contributed by atoms with Gasteiger partial charge in [-0.25, -0.2) is 4.98 Å². The summed E-state index contributed by atoms with van der Waals surface area (Å²) in [7, 11) is 1.71. The number of thiophene rings is 1. The molecule has 1 aliphatic heterocycles. The quantitative estimate of drug-likeness (QED) is 0.638. The molecule has 5 nitrogen and oxygen atoms in total. The molecular weight excluding hydrogens is 318 g/mol. The highest BCUT2D eigenvalue weighted by molar-refractivity contribution is 7.99. The minimum atomic E-state index is -0.0405. The molecule has 3 heterocycles. The second-order valence-corrected chi connectivity index (χ2v) is 7.47. The molecule has 0 spiro atoms. The Bertz CT molecular complexity index is 753. The van der Waals surface area contributed by atoms with Crippen LogP contribution in [0.25, 0.3) is 10.2 Å². The first-order valence-corrected chi connectivity index (χ1v) is 9.31. The van der Waals surface area contributed by atoms with Crippen molar-refractivity contribution in [3.8, 4) is 0 Å². The van der Waals surface area contributed by atoms with Gasteiger partial charge in [-0.15, -0.1) is 11.3 Å². The number of likely N-dealkylation sites (tertiary alicyclic amines) is 1. The summed E-state index contributed by atoms with van der Waals surface area (Å²) in [5.74, 6) is 0.470. The number of fused-ring (bicyclic) bond motifs is 1. The number of carbonyl (C=O) groups excluding carboxylic acids is 1. The zero-order chi connectivity index (χ0) is 15.7. The molecule has 0 N–H and O–H groups in total. The molecular formula is C15H19N3O2S2. The van der Waals surface area contributed by atoms with Crippen molar-refractivity contribution < 1.29 is 4.79 Å². The third-order valence-electron chi connectivity index (χ3n) is 4.09. The lowest BCUT2D eigenvalue weighted by Gasteiger charge is -2.33. The van der Waals surface area contributed by atoms with E-state index in [9.17, 15) is 9.59 Å². The summed E-state index contributed by atoms with van der Waals surface area (Å²) in [5, 5.41) is 2.47. The normalized spacial score (nSPS) is 18.8. The first-order valence-electron chi connectivity index (χ1n) is 7.44. The van der Waals surface area contributed by atoms with Gasteiger partial charge in [0.05, 0.1) is 11.3 Å². The lowest BCUT2D eigenvalue weighted by atomic mass is 10.0. The van der Waals surface area contributed by atoms with Crippen molar-refractivity contribution in [3.63, 3.8) is 0 Å². The van der Waals surface area contributed by atoms with E-state index in [1.807, 2.05) is 16.3 Å². The molecule has 1 saturated heterocycles. The van der Waals surface area contributed by atoms with Crippen LogP contribution in [0.2, 0.25) is 0 Å². The Balaban J connectivity index is 1.75. The van der Waals surface area contributed by atoms with Crippen LogP contribution in [0.5, 0.6) is 0 Å². The molecule has 0 aromatic carbocycles. The predicted molar refractivity (Wildman–Crippen MR) is 90.6 cm³/mol. The Morgan fingerprint density at radius 1 is 1.50 bits per heavy atom. The van der Waals surface area contributed by atoms with Crippen LogP contribution >= 0.6 is 23.1 Å². The molecule has 0 unspecified atom stereocenters. The zero-order valence-electron chi connectivity index (χ0n) is 12.7. The molecule has 1 aliphatic rings. The van der Waals surface area contributed by atoms with Gasteiger partial charge < -0.3 is 4.90 Å². The highest BCUT2D eigenvalue weighted by atomic mass is 32.2. The molecule has 1 atom stereocenters. The number of hydrogen-bond donors (Lipinski definition) is 0. The van der Waals surface area contributed by atoms with E-state index in [-0.39, 0.29) is 11.5 Å². The summed E-state index contributed by atoms with van der Waals surface area (Å²) in [6, 6.07) is 2.16. The Labute approximate surface area is 137 Å². The van der Waals surface area contributed by atoms with Gasteiger partial charge in [-0.2, -0.15) is 0 Å². The lowest BCUT2D eigenvalue weighted by molar-refractivity contribution is -0.131. The van der Waals surface area contributed by atoms with Gasteiger partial charge in [0.25, 0.3) is 5.56 Å². The van der Waals surface area contributed by atoms with Crippen LogP contribution in [-0.2, 0) is 11.8 Å². The third kappa shape index (κ3) is 2.92. The number of amides is 1. The summed E-state index contributed by atoms with van der Waals surface area (Å²) >= 11 is 2.75. The molecule has 118 valence electrons. The second kappa shape index (κ2) is 6.42. The molecule has 1 fully saturated rings. The highest BCUT2D eigenvalue weighted by Gasteiger charge is 2.23. The van der Waals surface area contributed by atoms with Gasteiger partial charge in [-0.3, -0.25) is 14.2 Å². The molecule has 0 saturated carbocycles. The SMILES string of the molecule is C[C@H]1CCCCN1C(=O)CSc1nc2ccsc2c(=O)n1C. The minimum absolute atomic E-state index is 0.0405. The van der Waals surface area contributed by atoms with E-state index in [4.69, 9.17) is 0 Å². The summed E-state index contributed by atoms with van der Waals surface area (Å²) in [5.41, 5.74) is 0.677. The Morgan fingerprint density at radius 2 is 2.32 bits per heavy atom. The van der Waals surface area contributed by atoms with Crippen LogP contribution in [0.4, 0.5) is 0 Å². The fourth-order valence-corrected chi connectivity index (χ4v) is 4.44. The van der Waals surface area contributed by atoms with Crippen molar-refractivity contribution in [2.75, 3.05) is 12.3 Å². The van der Waals surface area contributed by atoms with E-state index < -0.39 is 0 Å². The Hall–Kier alpha value is -1.34. The van der Waals surface area contributed by atoms with Crippen molar-refractivity contribution in [2.24, 2.45) is 7.05 Å². The van der Waals surface area contributed by atoms with E-state index in [0.29, 0.717) is 21.7 Å². The summed E-state index contributed by atoms with van der Waals surface area (Å²) in [4.78, 5) is 31.1. The molecule has 3 rings (SSSR count). The lowest BCUT2D eigenvalue weighted by Crippen LogP contribution is -2.43. The van der Waals surface area contributed by atoms with Crippen molar-refractivity contribution in [1.29, 1.82) is 0 Å². The molecule has 2 aromatic heterocycles. The standard InChI is InChI=1S/C15H19N3O2S2/c1-10-5-3-4-7-18(10)12(19)9-22-15-16-11-6-8-21-13(11)14(20)17(15)2/h6,8,10H,3-5,7,9H2,1-2H3/t10-/m0/s1. The van der Waals surface area contributed by atoms with Crippen molar-refractivity contribution in [1.82, 2.24) is 14.5 Å². The van der Waals surface area contributed by atoms with E-state index in [0.717, 1.165) is 24.9 Å². The molecule has 0 bridgehead atoms. The number of hydrogen-bond acceptors (Lipinski definition) is 5. The van der Waals surface area contributed by atoms with Crippen molar-refractivity contribution in [3.05, 3.63) is 21.8 Å². The van der Waals surface area contributed by atoms with E-state index >= 15 is 0 Å². The van der Waals surface area contributed by atoms with Gasteiger partial charge >= 0.3 is 0 Å². The maximum atomic E-state index is 12.4. The van der Waals surface area contributed by atoms with Gasteiger partial charge in [0.1, 0.15) is 4.70 Å². The maximum absolute atomic E-state index is 12.4. The van der Waals surface area contributed by atoms with E-state index in [1.54, 1.807) is 7.05 Å². The van der Waals surface area contributed by atoms with Crippen LogP contribution in [0.3, 0.4) is 0 Å². The van der Waals surface area contributed by atoms with Crippen molar-refractivity contribution in [2.45, 2.75) is 37.4 Å². The minimum Gasteiger partial charge on any atom is -0.339 e. The number of piperidine rings is 1. The van der Waals surface area contributed by atoms with E-state index in [2.05, 4.69) is 11.9 Å². The first-order chi connectivity index (χ1) is 10.6. The van der Waals surface area contributed by atoms with Gasteiger partial charge in [0.15, 0.2) is 5.16 Å². The summed E-state index contributed by atoms with van der Waals surface area (Å²) < 4.78 is 2.21. The van der Waals surface area contributed by atoms with Gasteiger partial charge in [0, 0.05) is 19.6 Å². The number of aromatic nitrogens is 2. The Kier molecular flexibility index (Phi) is 4.54. The van der Waals surface area contributed by atoms with Crippen LogP contribution < -0.4 is 5.56 Å². The topological polar surface area (TPSA) is 55.2 Å². The van der Waals surface area contributed by atoms with Gasteiger partial charge in [-0.1, -0.05) is 11.8 Å². The average Bonchev–Trinajstić information content (AvgIpc) is 2.98. The number of nitrogens with zero attached hydrogens (tertiary/aromatic N) is 3. The molecule has 7 heteroatoms. The highest BCUT2D eigenvalue weighted by Crippen LogP contribution is 2.22. The zero-order valence-corrected chi connectivity index (χ0v) is 14.4. The van der Waals surface area contributed by atoms with E-state index in [1.165, 1.54) is 34.1 Å². The molecule has 2 aromatic rings. The molecule has 0 radical (unpaired) electrons. The van der Waals surface area contributed by atoms with Crippen LogP contribution in [0, 0.1) is 0 Å². The molecule has 0 aliphatic carbocycles.